The highest BCUT2D eigenvalue weighted by molar-refractivity contribution is 5.71. The van der Waals surface area contributed by atoms with Gasteiger partial charge in [-0.15, -0.1) is 0 Å². The van der Waals surface area contributed by atoms with Gasteiger partial charge in [-0.2, -0.15) is 0 Å². The van der Waals surface area contributed by atoms with Gasteiger partial charge >= 0.3 is 5.97 Å². The Morgan fingerprint density at radius 2 is 0.979 bits per heavy atom. The summed E-state index contributed by atoms with van der Waals surface area (Å²) in [6.45, 7) is 6.60. The Morgan fingerprint density at radius 1 is 0.562 bits per heavy atom. The molecule has 8 nitrogen and oxygen atoms in total. The van der Waals surface area contributed by atoms with E-state index in [-0.39, 0.29) is 19.8 Å². The van der Waals surface area contributed by atoms with Crippen LogP contribution < -0.4 is 0 Å². The third-order valence-electron chi connectivity index (χ3n) is 7.63. The molecule has 0 aliphatic carbocycles. The molecule has 5 rings (SSSR count). The van der Waals surface area contributed by atoms with Crippen LogP contribution in [0.5, 0.6) is 0 Å². The van der Waals surface area contributed by atoms with E-state index in [1.54, 1.807) is 0 Å². The summed E-state index contributed by atoms with van der Waals surface area (Å²) in [6, 6.07) is 39.7. The molecule has 1 saturated heterocycles. The van der Waals surface area contributed by atoms with Gasteiger partial charge in [0.1, 0.15) is 36.6 Å². The van der Waals surface area contributed by atoms with Crippen LogP contribution in [0, 0.1) is 0 Å². The Morgan fingerprint density at radius 3 is 1.44 bits per heavy atom. The molecule has 8 heteroatoms. The second kappa shape index (κ2) is 18.0. The molecule has 1 aliphatic rings. The standard InChI is InChI=1S/C40H46O8/c1-40(2,3)48-35(41)29-46-39-38(45-27-33-22-14-7-15-23-33)37(44-26-32-20-12-6-13-21-32)36(43-25-31-18-10-5-11-19-31)34(47-39)28-42-24-30-16-8-4-9-17-30/h4-23,34,36-39H,24-29H2,1-3H3/t34-,36+,37-,38-,39?/m1/s1. The van der Waals surface area contributed by atoms with E-state index in [4.69, 9.17) is 33.2 Å². The molecule has 0 spiro atoms. The maximum atomic E-state index is 12.8. The third-order valence-corrected chi connectivity index (χ3v) is 7.63. The molecule has 0 radical (unpaired) electrons. The zero-order chi connectivity index (χ0) is 33.6. The number of rotatable bonds is 16. The van der Waals surface area contributed by atoms with Crippen LogP contribution in [0.2, 0.25) is 0 Å². The highest BCUT2D eigenvalue weighted by Crippen LogP contribution is 2.32. The van der Waals surface area contributed by atoms with Gasteiger partial charge in [-0.1, -0.05) is 121 Å². The third kappa shape index (κ3) is 11.4. The van der Waals surface area contributed by atoms with Crippen LogP contribution in [-0.2, 0) is 64.4 Å². The summed E-state index contributed by atoms with van der Waals surface area (Å²) in [5.74, 6) is -0.506. The zero-order valence-electron chi connectivity index (χ0n) is 27.9. The van der Waals surface area contributed by atoms with Crippen molar-refractivity contribution in [1.82, 2.24) is 0 Å². The summed E-state index contributed by atoms with van der Waals surface area (Å²) in [4.78, 5) is 12.8. The lowest BCUT2D eigenvalue weighted by Crippen LogP contribution is -2.62. The Balaban J connectivity index is 1.44. The highest BCUT2D eigenvalue weighted by atomic mass is 16.7. The van der Waals surface area contributed by atoms with Crippen LogP contribution in [0.25, 0.3) is 0 Å². The molecule has 4 aromatic rings. The molecule has 5 atom stereocenters. The zero-order valence-corrected chi connectivity index (χ0v) is 27.9. The first-order valence-corrected chi connectivity index (χ1v) is 16.4. The van der Waals surface area contributed by atoms with Gasteiger partial charge in [0.15, 0.2) is 6.29 Å². The average molecular weight is 655 g/mol. The molecule has 254 valence electrons. The molecule has 0 bridgehead atoms. The number of hydrogen-bond donors (Lipinski definition) is 0. The molecule has 1 heterocycles. The van der Waals surface area contributed by atoms with Crippen molar-refractivity contribution in [1.29, 1.82) is 0 Å². The fourth-order valence-corrected chi connectivity index (χ4v) is 5.40. The monoisotopic (exact) mass is 654 g/mol. The van der Waals surface area contributed by atoms with Crippen molar-refractivity contribution in [2.24, 2.45) is 0 Å². The molecule has 0 aromatic heterocycles. The normalized spacial score (nSPS) is 21.1. The van der Waals surface area contributed by atoms with Gasteiger partial charge in [-0.3, -0.25) is 0 Å². The van der Waals surface area contributed by atoms with Crippen LogP contribution in [-0.4, -0.2) is 55.5 Å². The molecular weight excluding hydrogens is 608 g/mol. The number of esters is 1. The van der Waals surface area contributed by atoms with Crippen LogP contribution in [0.1, 0.15) is 43.0 Å². The minimum absolute atomic E-state index is 0.192. The number of ether oxygens (including phenoxy) is 7. The lowest BCUT2D eigenvalue weighted by atomic mass is 9.97. The molecule has 0 saturated carbocycles. The highest BCUT2D eigenvalue weighted by Gasteiger charge is 2.49. The number of benzene rings is 4. The van der Waals surface area contributed by atoms with E-state index in [9.17, 15) is 4.79 Å². The van der Waals surface area contributed by atoms with E-state index in [1.165, 1.54) is 0 Å². The summed E-state index contributed by atoms with van der Waals surface area (Å²) in [5.41, 5.74) is 3.35. The summed E-state index contributed by atoms with van der Waals surface area (Å²) in [5, 5.41) is 0. The molecular formula is C40H46O8. The second-order valence-electron chi connectivity index (χ2n) is 12.7. The van der Waals surface area contributed by atoms with E-state index >= 15 is 0 Å². The predicted octanol–water partition coefficient (Wildman–Crippen LogP) is 7.04. The van der Waals surface area contributed by atoms with Gasteiger partial charge in [0.05, 0.1) is 33.0 Å². The first kappa shape index (κ1) is 35.4. The quantitative estimate of drug-likeness (QED) is 0.119. The van der Waals surface area contributed by atoms with E-state index in [0.717, 1.165) is 22.3 Å². The van der Waals surface area contributed by atoms with E-state index in [0.29, 0.717) is 19.8 Å². The predicted molar refractivity (Wildman–Crippen MR) is 182 cm³/mol. The molecule has 0 amide bonds. The van der Waals surface area contributed by atoms with Gasteiger partial charge < -0.3 is 33.2 Å². The van der Waals surface area contributed by atoms with Crippen LogP contribution in [0.3, 0.4) is 0 Å². The van der Waals surface area contributed by atoms with Gasteiger partial charge in [0, 0.05) is 0 Å². The maximum Gasteiger partial charge on any atom is 0.332 e. The maximum absolute atomic E-state index is 12.8. The van der Waals surface area contributed by atoms with Crippen molar-refractivity contribution in [2.45, 2.75) is 83.5 Å². The van der Waals surface area contributed by atoms with Gasteiger partial charge in [-0.25, -0.2) is 4.79 Å². The first-order valence-electron chi connectivity index (χ1n) is 16.4. The number of carbonyl (C=O) groups is 1. The van der Waals surface area contributed by atoms with E-state index in [2.05, 4.69) is 0 Å². The lowest BCUT2D eigenvalue weighted by Gasteiger charge is -2.45. The molecule has 0 N–H and O–H groups in total. The van der Waals surface area contributed by atoms with Crippen molar-refractivity contribution in [3.05, 3.63) is 144 Å². The molecule has 1 aliphatic heterocycles. The van der Waals surface area contributed by atoms with Gasteiger partial charge in [-0.05, 0) is 43.0 Å². The smallest absolute Gasteiger partial charge is 0.332 e. The van der Waals surface area contributed by atoms with Crippen molar-refractivity contribution in [3.63, 3.8) is 0 Å². The van der Waals surface area contributed by atoms with Crippen LogP contribution in [0.15, 0.2) is 121 Å². The number of hydrogen-bond acceptors (Lipinski definition) is 8. The minimum atomic E-state index is -0.982. The van der Waals surface area contributed by atoms with Crippen LogP contribution >= 0.6 is 0 Å². The fourth-order valence-electron chi connectivity index (χ4n) is 5.40. The Hall–Kier alpha value is -3.89. The van der Waals surface area contributed by atoms with Crippen LogP contribution in [0.4, 0.5) is 0 Å². The molecule has 1 fully saturated rings. The topological polar surface area (TPSA) is 81.7 Å². The number of carbonyl (C=O) groups excluding carboxylic acids is 1. The minimum Gasteiger partial charge on any atom is -0.458 e. The Labute approximate surface area is 283 Å². The molecule has 48 heavy (non-hydrogen) atoms. The largest absolute Gasteiger partial charge is 0.458 e. The SMILES string of the molecule is CC(C)(C)OC(=O)COC1O[C@H](COCc2ccccc2)[C@H](OCc2ccccc2)[C@@H](OCc2ccccc2)[C@H]1OCc1ccccc1. The Bertz CT molecular complexity index is 1480. The molecule has 4 aromatic carbocycles. The van der Waals surface area contributed by atoms with Crippen molar-refractivity contribution < 1.29 is 38.0 Å². The van der Waals surface area contributed by atoms with Crippen molar-refractivity contribution in [3.8, 4) is 0 Å². The van der Waals surface area contributed by atoms with Gasteiger partial charge in [0.2, 0.25) is 0 Å². The lowest BCUT2D eigenvalue weighted by molar-refractivity contribution is -0.327. The van der Waals surface area contributed by atoms with Gasteiger partial charge in [0.25, 0.3) is 0 Å². The average Bonchev–Trinajstić information content (AvgIpc) is 3.09. The fraction of sp³-hybridized carbons (Fsp3) is 0.375. The molecule has 1 unspecified atom stereocenters. The first-order chi connectivity index (χ1) is 23.3. The van der Waals surface area contributed by atoms with Crippen molar-refractivity contribution >= 4 is 5.97 Å². The Kier molecular flexibility index (Phi) is 13.3. The van der Waals surface area contributed by atoms with E-state index < -0.39 is 42.3 Å². The van der Waals surface area contributed by atoms with E-state index in [1.807, 2.05) is 142 Å². The second-order valence-corrected chi connectivity index (χ2v) is 12.7. The summed E-state index contributed by atoms with van der Waals surface area (Å²) >= 11 is 0. The summed E-state index contributed by atoms with van der Waals surface area (Å²) in [7, 11) is 0. The summed E-state index contributed by atoms with van der Waals surface area (Å²) < 4.78 is 44.4. The summed E-state index contributed by atoms with van der Waals surface area (Å²) in [6.07, 6.45) is -3.61. The van der Waals surface area contributed by atoms with Crippen molar-refractivity contribution in [2.75, 3.05) is 13.2 Å².